The zero-order valence-electron chi connectivity index (χ0n) is 7.58. The molecule has 4 N–H and O–H groups in total. The first-order valence-corrected chi connectivity index (χ1v) is 3.86. The molecule has 0 spiro atoms. The molecule has 0 aromatic rings. The van der Waals surface area contributed by atoms with Gasteiger partial charge in [0.2, 0.25) is 0 Å². The summed E-state index contributed by atoms with van der Waals surface area (Å²) >= 11 is 0. The molecule has 0 aromatic carbocycles. The average Bonchev–Trinajstić information content (AvgIpc) is 2.13. The minimum absolute atomic E-state index is 0.0690. The number of carboxylic acid groups (broad SMARTS) is 1. The normalized spacial score (nSPS) is 9.43. The smallest absolute Gasteiger partial charge is 0.321 e. The Morgan fingerprint density at radius 1 is 1.36 bits per heavy atom. The van der Waals surface area contributed by atoms with Gasteiger partial charge in [0, 0.05) is 0 Å². The SMILES string of the molecule is C=CCOC(=O)CNNNCC(=O)O. The van der Waals surface area contributed by atoms with E-state index in [1.807, 2.05) is 0 Å². The van der Waals surface area contributed by atoms with Crippen LogP contribution in [0.1, 0.15) is 0 Å². The van der Waals surface area contributed by atoms with Crippen LogP contribution < -0.4 is 16.4 Å². The summed E-state index contributed by atoms with van der Waals surface area (Å²) in [5, 5.41) is 8.21. The van der Waals surface area contributed by atoms with Crippen molar-refractivity contribution in [2.24, 2.45) is 0 Å². The van der Waals surface area contributed by atoms with E-state index in [1.54, 1.807) is 0 Å². The fourth-order valence-corrected chi connectivity index (χ4v) is 0.502. The Kier molecular flexibility index (Phi) is 7.33. The Morgan fingerprint density at radius 3 is 2.57 bits per heavy atom. The fraction of sp³-hybridized carbons (Fsp3) is 0.429. The first-order valence-electron chi connectivity index (χ1n) is 3.86. The molecule has 0 aromatic heterocycles. The van der Waals surface area contributed by atoms with E-state index in [4.69, 9.17) is 5.11 Å². The van der Waals surface area contributed by atoms with Gasteiger partial charge in [-0.05, 0) is 0 Å². The number of hydrogen-bond acceptors (Lipinski definition) is 6. The van der Waals surface area contributed by atoms with E-state index in [1.165, 1.54) is 6.08 Å². The highest BCUT2D eigenvalue weighted by atomic mass is 16.5. The van der Waals surface area contributed by atoms with E-state index in [9.17, 15) is 9.59 Å². The highest BCUT2D eigenvalue weighted by Crippen LogP contribution is 1.75. The number of aliphatic carboxylic acids is 1. The van der Waals surface area contributed by atoms with Crippen molar-refractivity contribution in [3.8, 4) is 0 Å². The molecule has 0 radical (unpaired) electrons. The number of ether oxygens (including phenoxy) is 1. The Morgan fingerprint density at radius 2 is 2.00 bits per heavy atom. The van der Waals surface area contributed by atoms with Gasteiger partial charge in [0.05, 0.1) is 0 Å². The largest absolute Gasteiger partial charge is 0.480 e. The van der Waals surface area contributed by atoms with Crippen LogP contribution in [0.4, 0.5) is 0 Å². The molecule has 0 saturated carbocycles. The predicted octanol–water partition coefficient (Wildman–Crippen LogP) is -1.60. The second-order valence-electron chi connectivity index (χ2n) is 2.20. The lowest BCUT2D eigenvalue weighted by Gasteiger charge is -2.05. The summed E-state index contributed by atoms with van der Waals surface area (Å²) in [4.78, 5) is 20.8. The third-order valence-corrected chi connectivity index (χ3v) is 1.01. The molecule has 0 heterocycles. The maximum atomic E-state index is 10.8. The topological polar surface area (TPSA) is 99.7 Å². The second-order valence-corrected chi connectivity index (χ2v) is 2.20. The third kappa shape index (κ3) is 8.65. The number of carboxylic acids is 1. The van der Waals surface area contributed by atoms with Crippen molar-refractivity contribution in [1.82, 2.24) is 16.4 Å². The van der Waals surface area contributed by atoms with Crippen molar-refractivity contribution in [2.45, 2.75) is 0 Å². The molecule has 0 atom stereocenters. The number of nitrogens with one attached hydrogen (secondary N) is 3. The van der Waals surface area contributed by atoms with Crippen molar-refractivity contribution >= 4 is 11.9 Å². The minimum atomic E-state index is -1.01. The van der Waals surface area contributed by atoms with Crippen LogP contribution in [-0.2, 0) is 14.3 Å². The highest BCUT2D eigenvalue weighted by molar-refractivity contribution is 5.71. The molecule has 0 aliphatic carbocycles. The predicted molar refractivity (Wildman–Crippen MR) is 47.9 cm³/mol. The van der Waals surface area contributed by atoms with Gasteiger partial charge in [-0.3, -0.25) is 9.59 Å². The summed E-state index contributed by atoms with van der Waals surface area (Å²) in [6.07, 6.45) is 1.45. The maximum Gasteiger partial charge on any atom is 0.321 e. The first kappa shape index (κ1) is 12.6. The molecule has 0 aliphatic heterocycles. The monoisotopic (exact) mass is 203 g/mol. The molecule has 0 bridgehead atoms. The van der Waals surface area contributed by atoms with Crippen LogP contribution in [0, 0.1) is 0 Å². The zero-order valence-corrected chi connectivity index (χ0v) is 7.58. The quantitative estimate of drug-likeness (QED) is 0.163. The Labute approximate surface area is 81.1 Å². The van der Waals surface area contributed by atoms with Crippen LogP contribution in [0.5, 0.6) is 0 Å². The van der Waals surface area contributed by atoms with Gasteiger partial charge in [0.25, 0.3) is 0 Å². The van der Waals surface area contributed by atoms with Gasteiger partial charge in [-0.2, -0.15) is 5.53 Å². The summed E-state index contributed by atoms with van der Waals surface area (Å²) in [6.45, 7) is 3.20. The number of carbonyl (C=O) groups excluding carboxylic acids is 1. The van der Waals surface area contributed by atoms with Crippen molar-refractivity contribution in [2.75, 3.05) is 19.7 Å². The van der Waals surface area contributed by atoms with Crippen molar-refractivity contribution < 1.29 is 19.4 Å². The van der Waals surface area contributed by atoms with Gasteiger partial charge < -0.3 is 9.84 Å². The van der Waals surface area contributed by atoms with Crippen LogP contribution in [0.25, 0.3) is 0 Å². The van der Waals surface area contributed by atoms with E-state index < -0.39 is 11.9 Å². The van der Waals surface area contributed by atoms with E-state index in [2.05, 4.69) is 27.7 Å². The Bertz CT molecular complexity index is 207. The lowest BCUT2D eigenvalue weighted by Crippen LogP contribution is -2.47. The zero-order chi connectivity index (χ0) is 10.8. The number of hydrazine groups is 2. The summed E-state index contributed by atoms with van der Waals surface area (Å²) in [7, 11) is 0. The lowest BCUT2D eigenvalue weighted by atomic mass is 10.6. The molecular formula is C7H13N3O4. The number of esters is 1. The van der Waals surface area contributed by atoms with Gasteiger partial charge in [-0.15, -0.1) is 0 Å². The van der Waals surface area contributed by atoms with Crippen LogP contribution in [0.3, 0.4) is 0 Å². The summed E-state index contributed by atoms with van der Waals surface area (Å²) in [5.41, 5.74) is 7.04. The third-order valence-electron chi connectivity index (χ3n) is 1.01. The standard InChI is InChI=1S/C7H13N3O4/c1-2-3-14-7(13)5-9-10-8-4-6(11)12/h2,8-10H,1,3-5H2,(H,11,12). The summed E-state index contributed by atoms with van der Waals surface area (Å²) in [6, 6.07) is 0. The molecule has 0 aliphatic rings. The van der Waals surface area contributed by atoms with Crippen LogP contribution in [-0.4, -0.2) is 36.7 Å². The molecule has 0 unspecified atom stereocenters. The minimum Gasteiger partial charge on any atom is -0.480 e. The summed E-state index contributed by atoms with van der Waals surface area (Å²) in [5.74, 6) is -1.47. The van der Waals surface area contributed by atoms with Crippen molar-refractivity contribution in [3.63, 3.8) is 0 Å². The van der Waals surface area contributed by atoms with E-state index in [0.717, 1.165) is 0 Å². The Balaban J connectivity index is 3.22. The van der Waals surface area contributed by atoms with Gasteiger partial charge >= 0.3 is 11.9 Å². The molecular weight excluding hydrogens is 190 g/mol. The first-order chi connectivity index (χ1) is 6.66. The molecule has 0 rings (SSSR count). The number of rotatable bonds is 8. The fourth-order valence-electron chi connectivity index (χ4n) is 0.502. The maximum absolute atomic E-state index is 10.8. The lowest BCUT2D eigenvalue weighted by molar-refractivity contribution is -0.141. The van der Waals surface area contributed by atoms with Crippen LogP contribution >= 0.6 is 0 Å². The van der Waals surface area contributed by atoms with E-state index in [0.29, 0.717) is 0 Å². The Hall–Kier alpha value is -1.44. The molecule has 14 heavy (non-hydrogen) atoms. The number of hydrogen-bond donors (Lipinski definition) is 4. The summed E-state index contributed by atoms with van der Waals surface area (Å²) < 4.78 is 4.62. The second kappa shape index (κ2) is 8.17. The molecule has 7 heteroatoms. The van der Waals surface area contributed by atoms with Crippen LogP contribution in [0.15, 0.2) is 12.7 Å². The highest BCUT2D eigenvalue weighted by Gasteiger charge is 1.99. The molecule has 80 valence electrons. The van der Waals surface area contributed by atoms with Gasteiger partial charge in [-0.25, -0.2) is 10.9 Å². The van der Waals surface area contributed by atoms with E-state index >= 15 is 0 Å². The number of carbonyl (C=O) groups is 2. The van der Waals surface area contributed by atoms with E-state index in [-0.39, 0.29) is 19.7 Å². The van der Waals surface area contributed by atoms with Crippen LogP contribution in [0.2, 0.25) is 0 Å². The van der Waals surface area contributed by atoms with Gasteiger partial charge in [0.15, 0.2) is 0 Å². The van der Waals surface area contributed by atoms with Gasteiger partial charge in [-0.1, -0.05) is 12.7 Å². The molecule has 0 saturated heterocycles. The molecule has 0 amide bonds. The van der Waals surface area contributed by atoms with Crippen molar-refractivity contribution in [3.05, 3.63) is 12.7 Å². The average molecular weight is 203 g/mol. The van der Waals surface area contributed by atoms with Gasteiger partial charge in [0.1, 0.15) is 19.7 Å². The molecule has 7 nitrogen and oxygen atoms in total. The van der Waals surface area contributed by atoms with Crippen molar-refractivity contribution in [1.29, 1.82) is 0 Å². The molecule has 0 fully saturated rings.